The Hall–Kier alpha value is -3.02. The van der Waals surface area contributed by atoms with Crippen molar-refractivity contribution in [3.05, 3.63) is 42.4 Å². The van der Waals surface area contributed by atoms with Gasteiger partial charge in [0, 0.05) is 44.0 Å². The Morgan fingerprint density at radius 2 is 2.00 bits per heavy atom. The maximum Gasteiger partial charge on any atom is 0.223 e. The van der Waals surface area contributed by atoms with E-state index >= 15 is 0 Å². The van der Waals surface area contributed by atoms with Crippen LogP contribution in [-0.2, 0) is 21.4 Å². The first-order chi connectivity index (χ1) is 16.2. The molecule has 1 amide bonds. The van der Waals surface area contributed by atoms with Crippen LogP contribution < -0.4 is 16.2 Å². The number of rotatable bonds is 8. The normalized spacial score (nSPS) is 21.3. The zero-order valence-electron chi connectivity index (χ0n) is 19.0. The summed E-state index contributed by atoms with van der Waals surface area (Å²) < 4.78 is 27.7. The fraction of sp³-hybridized carbons (Fsp3) is 0.435. The number of fused-ring (bicyclic) bond motifs is 1. The minimum Gasteiger partial charge on any atom is -0.383 e. The molecule has 2 aromatic heterocycles. The van der Waals surface area contributed by atoms with E-state index in [1.807, 2.05) is 24.3 Å². The quantitative estimate of drug-likeness (QED) is 0.434. The maximum atomic E-state index is 11.5. The molecule has 3 heterocycles. The van der Waals surface area contributed by atoms with Crippen molar-refractivity contribution in [2.45, 2.75) is 25.4 Å². The lowest BCUT2D eigenvalue weighted by Gasteiger charge is -2.44. The van der Waals surface area contributed by atoms with E-state index in [1.54, 1.807) is 0 Å². The third kappa shape index (κ3) is 4.50. The molecule has 2 fully saturated rings. The zero-order chi connectivity index (χ0) is 24.0. The van der Waals surface area contributed by atoms with Crippen molar-refractivity contribution < 1.29 is 13.2 Å². The number of hydrogen-bond donors (Lipinski definition) is 3. The standard InChI is InChI=1S/C23H29N7O3S/c1-34(32,33)28-8-14-3-2-4-16(5-14)19-12-30(23-20(19)21(24)26-13-27-23)18-6-15(7-18)9-29-10-17(11-29)22(25)31/h2-5,12-13,15,17-18,28H,6-11H2,1H3,(H2,25,31)(H2,24,26,27)/t15-,18-. The second-order valence-electron chi connectivity index (χ2n) is 9.51. The number of nitrogens with one attached hydrogen (secondary N) is 1. The fourth-order valence-electron chi connectivity index (χ4n) is 5.01. The van der Waals surface area contributed by atoms with Gasteiger partial charge in [-0.3, -0.25) is 4.79 Å². The van der Waals surface area contributed by atoms with Crippen LogP contribution >= 0.6 is 0 Å². The first-order valence-electron chi connectivity index (χ1n) is 11.3. The molecule has 10 nitrogen and oxygen atoms in total. The van der Waals surface area contributed by atoms with Crippen molar-refractivity contribution in [2.75, 3.05) is 31.6 Å². The molecule has 34 heavy (non-hydrogen) atoms. The summed E-state index contributed by atoms with van der Waals surface area (Å²) in [7, 11) is -3.28. The van der Waals surface area contributed by atoms with E-state index in [1.165, 1.54) is 6.33 Å². The average molecular weight is 484 g/mol. The van der Waals surface area contributed by atoms with Crippen LogP contribution in [0.2, 0.25) is 0 Å². The number of carbonyl (C=O) groups excluding carboxylic acids is 1. The molecular formula is C23H29N7O3S. The molecule has 1 saturated heterocycles. The van der Waals surface area contributed by atoms with Crippen molar-refractivity contribution in [3.63, 3.8) is 0 Å². The second-order valence-corrected chi connectivity index (χ2v) is 11.3. The lowest BCUT2D eigenvalue weighted by Crippen LogP contribution is -2.54. The largest absolute Gasteiger partial charge is 0.383 e. The van der Waals surface area contributed by atoms with E-state index in [0.29, 0.717) is 17.8 Å². The summed E-state index contributed by atoms with van der Waals surface area (Å²) in [6.07, 6.45) is 6.79. The van der Waals surface area contributed by atoms with Crippen molar-refractivity contribution in [1.29, 1.82) is 0 Å². The third-order valence-corrected chi connectivity index (χ3v) is 7.56. The number of likely N-dealkylation sites (tertiary alicyclic amines) is 1. The number of sulfonamides is 1. The van der Waals surface area contributed by atoms with Gasteiger partial charge in [-0.05, 0) is 36.0 Å². The number of carbonyl (C=O) groups is 1. The maximum absolute atomic E-state index is 11.5. The Morgan fingerprint density at radius 1 is 1.24 bits per heavy atom. The second kappa shape index (κ2) is 8.64. The van der Waals surface area contributed by atoms with E-state index in [0.717, 1.165) is 66.5 Å². The van der Waals surface area contributed by atoms with E-state index in [4.69, 9.17) is 11.5 Å². The van der Waals surface area contributed by atoms with Gasteiger partial charge in [-0.25, -0.2) is 23.1 Å². The van der Waals surface area contributed by atoms with Gasteiger partial charge in [-0.15, -0.1) is 0 Å². The zero-order valence-corrected chi connectivity index (χ0v) is 19.8. The van der Waals surface area contributed by atoms with Crippen molar-refractivity contribution >= 4 is 32.8 Å². The van der Waals surface area contributed by atoms with Gasteiger partial charge in [-0.2, -0.15) is 0 Å². The third-order valence-electron chi connectivity index (χ3n) is 6.90. The smallest absolute Gasteiger partial charge is 0.223 e. The molecule has 0 atom stereocenters. The SMILES string of the molecule is CS(=O)(=O)NCc1cccc(-c2cn([C@H]3C[C@H](CN4CC(C(N)=O)C4)C3)c3ncnc(N)c23)c1. The number of nitrogen functional groups attached to an aromatic ring is 1. The first kappa shape index (κ1) is 22.8. The van der Waals surface area contributed by atoms with Crippen LogP contribution in [0.1, 0.15) is 24.4 Å². The van der Waals surface area contributed by atoms with Gasteiger partial charge in [0.1, 0.15) is 17.8 Å². The van der Waals surface area contributed by atoms with E-state index in [-0.39, 0.29) is 18.4 Å². The van der Waals surface area contributed by atoms with Crippen LogP contribution in [0, 0.1) is 11.8 Å². The van der Waals surface area contributed by atoms with Crippen LogP contribution in [0.15, 0.2) is 36.8 Å². The van der Waals surface area contributed by atoms with Gasteiger partial charge in [0.15, 0.2) is 0 Å². The molecule has 5 N–H and O–H groups in total. The highest BCUT2D eigenvalue weighted by Crippen LogP contribution is 2.43. The highest BCUT2D eigenvalue weighted by atomic mass is 32.2. The molecule has 2 aliphatic rings. The minimum atomic E-state index is -3.28. The molecular weight excluding hydrogens is 454 g/mol. The molecule has 0 spiro atoms. The lowest BCUT2D eigenvalue weighted by molar-refractivity contribution is -0.127. The first-order valence-corrected chi connectivity index (χ1v) is 13.2. The molecule has 0 unspecified atom stereocenters. The van der Waals surface area contributed by atoms with Crippen LogP contribution in [0.4, 0.5) is 5.82 Å². The molecule has 1 aliphatic heterocycles. The van der Waals surface area contributed by atoms with Gasteiger partial charge < -0.3 is 20.9 Å². The van der Waals surface area contributed by atoms with Crippen LogP contribution in [-0.4, -0.2) is 59.6 Å². The number of benzene rings is 1. The average Bonchev–Trinajstić information content (AvgIpc) is 3.10. The topological polar surface area (TPSA) is 149 Å². The van der Waals surface area contributed by atoms with Crippen molar-refractivity contribution in [1.82, 2.24) is 24.2 Å². The Bertz CT molecular complexity index is 1340. The number of hydrogen-bond acceptors (Lipinski definition) is 7. The summed E-state index contributed by atoms with van der Waals surface area (Å²) >= 11 is 0. The molecule has 11 heteroatoms. The van der Waals surface area contributed by atoms with Crippen LogP contribution in [0.25, 0.3) is 22.2 Å². The number of nitrogens with zero attached hydrogens (tertiary/aromatic N) is 4. The van der Waals surface area contributed by atoms with Gasteiger partial charge >= 0.3 is 0 Å². The Balaban J connectivity index is 1.36. The molecule has 1 saturated carbocycles. The Kier molecular flexibility index (Phi) is 5.78. The van der Waals surface area contributed by atoms with Gasteiger partial charge in [-0.1, -0.05) is 18.2 Å². The van der Waals surface area contributed by atoms with E-state index < -0.39 is 10.0 Å². The van der Waals surface area contributed by atoms with Crippen LogP contribution in [0.3, 0.4) is 0 Å². The molecule has 5 rings (SSSR count). The molecule has 0 radical (unpaired) electrons. The Morgan fingerprint density at radius 3 is 2.71 bits per heavy atom. The van der Waals surface area contributed by atoms with Gasteiger partial charge in [0.25, 0.3) is 0 Å². The number of anilines is 1. The summed E-state index contributed by atoms with van der Waals surface area (Å²) in [6.45, 7) is 2.73. The van der Waals surface area contributed by atoms with Gasteiger partial charge in [0.05, 0.1) is 17.6 Å². The molecule has 180 valence electrons. The molecule has 1 aromatic carbocycles. The summed E-state index contributed by atoms with van der Waals surface area (Å²) in [5.41, 5.74) is 15.2. The fourth-order valence-corrected chi connectivity index (χ4v) is 5.44. The predicted molar refractivity (Wildman–Crippen MR) is 130 cm³/mol. The van der Waals surface area contributed by atoms with Crippen molar-refractivity contribution in [3.8, 4) is 11.1 Å². The summed E-state index contributed by atoms with van der Waals surface area (Å²) in [5.74, 6) is 0.786. The highest BCUT2D eigenvalue weighted by molar-refractivity contribution is 7.88. The Labute approximate surface area is 198 Å². The molecule has 3 aromatic rings. The summed E-state index contributed by atoms with van der Waals surface area (Å²) in [5, 5.41) is 0.811. The molecule has 1 aliphatic carbocycles. The number of amides is 1. The monoisotopic (exact) mass is 483 g/mol. The number of nitrogens with two attached hydrogens (primary N) is 2. The van der Waals surface area contributed by atoms with E-state index in [2.05, 4.69) is 30.4 Å². The minimum absolute atomic E-state index is 0.00473. The number of aromatic nitrogens is 3. The van der Waals surface area contributed by atoms with E-state index in [9.17, 15) is 13.2 Å². The lowest BCUT2D eigenvalue weighted by atomic mass is 9.79. The highest BCUT2D eigenvalue weighted by Gasteiger charge is 2.37. The number of primary amides is 1. The predicted octanol–water partition coefficient (Wildman–Crippen LogP) is 1.10. The molecule has 0 bridgehead atoms. The summed E-state index contributed by atoms with van der Waals surface area (Å²) in [4.78, 5) is 22.3. The summed E-state index contributed by atoms with van der Waals surface area (Å²) in [6, 6.07) is 8.06. The van der Waals surface area contributed by atoms with Crippen LogP contribution in [0.5, 0.6) is 0 Å². The van der Waals surface area contributed by atoms with Crippen molar-refractivity contribution in [2.24, 2.45) is 17.6 Å². The van der Waals surface area contributed by atoms with Gasteiger partial charge in [0.2, 0.25) is 15.9 Å².